The van der Waals surface area contributed by atoms with Crippen LogP contribution in [0.1, 0.15) is 17.4 Å². The van der Waals surface area contributed by atoms with Crippen LogP contribution in [0.2, 0.25) is 0 Å². The lowest BCUT2D eigenvalue weighted by Gasteiger charge is -2.19. The van der Waals surface area contributed by atoms with Crippen LogP contribution in [0.5, 0.6) is 11.5 Å². The van der Waals surface area contributed by atoms with Crippen LogP contribution in [0.4, 0.5) is 0 Å². The predicted molar refractivity (Wildman–Crippen MR) is 82.9 cm³/mol. The van der Waals surface area contributed by atoms with Crippen LogP contribution in [0.25, 0.3) is 0 Å². The Labute approximate surface area is 129 Å². The standard InChI is InChI=1S/C16H19N3O3/c1-5-14(20)18-15(16-17-6-7-19(16)2)11-8-12(21-3)10-13(9-11)22-4/h5-10,15H,1H2,2-4H3,(H,18,20)/t15-/m0/s1. The number of nitrogens with one attached hydrogen (secondary N) is 1. The van der Waals surface area contributed by atoms with E-state index in [1.165, 1.54) is 6.08 Å². The fourth-order valence-corrected chi connectivity index (χ4v) is 2.15. The summed E-state index contributed by atoms with van der Waals surface area (Å²) in [4.78, 5) is 16.1. The molecule has 1 heterocycles. The van der Waals surface area contributed by atoms with Crippen molar-refractivity contribution in [3.8, 4) is 11.5 Å². The average Bonchev–Trinajstić information content (AvgIpc) is 2.97. The van der Waals surface area contributed by atoms with Crippen molar-refractivity contribution in [2.75, 3.05) is 14.2 Å². The maximum Gasteiger partial charge on any atom is 0.244 e. The van der Waals surface area contributed by atoms with Gasteiger partial charge in [-0.25, -0.2) is 4.98 Å². The van der Waals surface area contributed by atoms with Gasteiger partial charge in [-0.15, -0.1) is 0 Å². The largest absolute Gasteiger partial charge is 0.497 e. The van der Waals surface area contributed by atoms with Gasteiger partial charge in [0.25, 0.3) is 0 Å². The van der Waals surface area contributed by atoms with E-state index in [1.807, 2.05) is 29.9 Å². The third-order valence-electron chi connectivity index (χ3n) is 3.30. The van der Waals surface area contributed by atoms with Gasteiger partial charge in [0.1, 0.15) is 23.4 Å². The minimum Gasteiger partial charge on any atom is -0.497 e. The van der Waals surface area contributed by atoms with Gasteiger partial charge in [-0.05, 0) is 23.8 Å². The van der Waals surface area contributed by atoms with E-state index >= 15 is 0 Å². The van der Waals surface area contributed by atoms with E-state index in [0.717, 1.165) is 5.56 Å². The minimum atomic E-state index is -0.436. The Morgan fingerprint density at radius 2 is 1.95 bits per heavy atom. The topological polar surface area (TPSA) is 65.4 Å². The maximum absolute atomic E-state index is 11.8. The monoisotopic (exact) mass is 301 g/mol. The van der Waals surface area contributed by atoms with Crippen LogP contribution in [-0.2, 0) is 11.8 Å². The molecule has 0 saturated carbocycles. The summed E-state index contributed by atoms with van der Waals surface area (Å²) in [6, 6.07) is 5.01. The molecule has 0 aliphatic heterocycles. The Balaban J connectivity index is 2.51. The molecule has 2 rings (SSSR count). The van der Waals surface area contributed by atoms with E-state index in [-0.39, 0.29) is 5.91 Å². The number of rotatable bonds is 6. The highest BCUT2D eigenvalue weighted by Crippen LogP contribution is 2.29. The second-order valence-corrected chi connectivity index (χ2v) is 4.69. The van der Waals surface area contributed by atoms with Gasteiger partial charge in [-0.3, -0.25) is 4.79 Å². The SMILES string of the molecule is C=CC(=O)N[C@@H](c1cc(OC)cc(OC)c1)c1nccn1C. The number of aryl methyl sites for hydroxylation is 1. The Hall–Kier alpha value is -2.76. The Morgan fingerprint density at radius 1 is 1.32 bits per heavy atom. The fourth-order valence-electron chi connectivity index (χ4n) is 2.15. The normalized spacial score (nSPS) is 11.6. The number of nitrogens with zero attached hydrogens (tertiary/aromatic N) is 2. The van der Waals surface area contributed by atoms with Gasteiger partial charge in [0.15, 0.2) is 0 Å². The van der Waals surface area contributed by atoms with Crippen molar-refractivity contribution >= 4 is 5.91 Å². The molecular formula is C16H19N3O3. The molecule has 0 fully saturated rings. The lowest BCUT2D eigenvalue weighted by molar-refractivity contribution is -0.117. The highest BCUT2D eigenvalue weighted by Gasteiger charge is 2.21. The zero-order valence-electron chi connectivity index (χ0n) is 12.9. The van der Waals surface area contributed by atoms with Crippen molar-refractivity contribution in [2.24, 2.45) is 7.05 Å². The highest BCUT2D eigenvalue weighted by molar-refractivity contribution is 5.87. The number of hydrogen-bond donors (Lipinski definition) is 1. The number of ether oxygens (including phenoxy) is 2. The van der Waals surface area contributed by atoms with Crippen LogP contribution < -0.4 is 14.8 Å². The van der Waals surface area contributed by atoms with Crippen LogP contribution in [-0.4, -0.2) is 29.7 Å². The molecule has 6 heteroatoms. The Bertz CT molecular complexity index is 657. The molecule has 0 spiro atoms. The van der Waals surface area contributed by atoms with E-state index < -0.39 is 6.04 Å². The molecule has 1 aromatic carbocycles. The molecule has 1 aromatic heterocycles. The van der Waals surface area contributed by atoms with E-state index in [0.29, 0.717) is 17.3 Å². The molecule has 116 valence electrons. The highest BCUT2D eigenvalue weighted by atomic mass is 16.5. The first-order chi connectivity index (χ1) is 10.6. The molecule has 0 unspecified atom stereocenters. The second-order valence-electron chi connectivity index (χ2n) is 4.69. The van der Waals surface area contributed by atoms with Crippen molar-refractivity contribution in [3.05, 3.63) is 54.6 Å². The smallest absolute Gasteiger partial charge is 0.244 e. The van der Waals surface area contributed by atoms with Crippen LogP contribution in [0.3, 0.4) is 0 Å². The molecule has 22 heavy (non-hydrogen) atoms. The number of benzene rings is 1. The first-order valence-corrected chi connectivity index (χ1v) is 6.72. The molecule has 0 saturated heterocycles. The number of aromatic nitrogens is 2. The number of carbonyl (C=O) groups is 1. The van der Waals surface area contributed by atoms with E-state index in [2.05, 4.69) is 16.9 Å². The number of methoxy groups -OCH3 is 2. The lowest BCUT2D eigenvalue weighted by atomic mass is 10.0. The maximum atomic E-state index is 11.8. The van der Waals surface area contributed by atoms with E-state index in [4.69, 9.17) is 9.47 Å². The van der Waals surface area contributed by atoms with Crippen LogP contribution >= 0.6 is 0 Å². The summed E-state index contributed by atoms with van der Waals surface area (Å²) in [5, 5.41) is 2.88. The Kier molecular flexibility index (Phi) is 4.83. The van der Waals surface area contributed by atoms with Gasteiger partial charge >= 0.3 is 0 Å². The van der Waals surface area contributed by atoms with Crippen molar-refractivity contribution in [3.63, 3.8) is 0 Å². The summed E-state index contributed by atoms with van der Waals surface area (Å²) in [5.41, 5.74) is 0.806. The van der Waals surface area contributed by atoms with Crippen molar-refractivity contribution < 1.29 is 14.3 Å². The first kappa shape index (κ1) is 15.6. The quantitative estimate of drug-likeness (QED) is 0.827. The molecule has 0 bridgehead atoms. The number of hydrogen-bond acceptors (Lipinski definition) is 4. The number of amides is 1. The summed E-state index contributed by atoms with van der Waals surface area (Å²) >= 11 is 0. The van der Waals surface area contributed by atoms with Crippen molar-refractivity contribution in [1.29, 1.82) is 0 Å². The fraction of sp³-hybridized carbons (Fsp3) is 0.250. The zero-order valence-corrected chi connectivity index (χ0v) is 12.9. The molecular weight excluding hydrogens is 282 g/mol. The molecule has 0 aliphatic carbocycles. The minimum absolute atomic E-state index is 0.283. The molecule has 2 aromatic rings. The van der Waals surface area contributed by atoms with Gasteiger partial charge in [0, 0.05) is 25.5 Å². The van der Waals surface area contributed by atoms with Gasteiger partial charge in [0.2, 0.25) is 5.91 Å². The average molecular weight is 301 g/mol. The molecule has 0 radical (unpaired) electrons. The zero-order chi connectivity index (χ0) is 16.1. The summed E-state index contributed by atoms with van der Waals surface area (Å²) in [6.07, 6.45) is 4.73. The molecule has 0 aliphatic rings. The third kappa shape index (κ3) is 3.28. The second kappa shape index (κ2) is 6.80. The molecule has 1 amide bonds. The Morgan fingerprint density at radius 3 is 2.41 bits per heavy atom. The molecule has 1 atom stereocenters. The summed E-state index contributed by atoms with van der Waals surface area (Å²) < 4.78 is 12.4. The third-order valence-corrected chi connectivity index (χ3v) is 3.30. The van der Waals surface area contributed by atoms with Gasteiger partial charge in [0.05, 0.1) is 14.2 Å². The molecule has 1 N–H and O–H groups in total. The van der Waals surface area contributed by atoms with Gasteiger partial charge in [-0.2, -0.15) is 0 Å². The lowest BCUT2D eigenvalue weighted by Crippen LogP contribution is -2.29. The summed E-state index contributed by atoms with van der Waals surface area (Å²) in [6.45, 7) is 3.49. The number of carbonyl (C=O) groups excluding carboxylic acids is 1. The van der Waals surface area contributed by atoms with Crippen LogP contribution in [0, 0.1) is 0 Å². The summed E-state index contributed by atoms with van der Waals surface area (Å²) in [5.74, 6) is 1.70. The predicted octanol–water partition coefficient (Wildman–Crippen LogP) is 1.83. The van der Waals surface area contributed by atoms with Crippen LogP contribution in [0.15, 0.2) is 43.2 Å². The van der Waals surface area contributed by atoms with E-state index in [9.17, 15) is 4.79 Å². The number of imidazole rings is 1. The van der Waals surface area contributed by atoms with Crippen molar-refractivity contribution in [1.82, 2.24) is 14.9 Å². The first-order valence-electron chi connectivity index (χ1n) is 6.72. The summed E-state index contributed by atoms with van der Waals surface area (Å²) in [7, 11) is 5.03. The molecule has 6 nitrogen and oxygen atoms in total. The van der Waals surface area contributed by atoms with E-state index in [1.54, 1.807) is 26.5 Å². The van der Waals surface area contributed by atoms with Gasteiger partial charge in [-0.1, -0.05) is 6.58 Å². The van der Waals surface area contributed by atoms with Crippen molar-refractivity contribution in [2.45, 2.75) is 6.04 Å². The van der Waals surface area contributed by atoms with Gasteiger partial charge < -0.3 is 19.4 Å².